The number of hydrogen-bond donors (Lipinski definition) is 1. The van der Waals surface area contributed by atoms with Crippen LogP contribution in [-0.4, -0.2) is 4.98 Å². The van der Waals surface area contributed by atoms with Gasteiger partial charge in [-0.25, -0.2) is 0 Å². The minimum Gasteiger partial charge on any atom is -0.364 e. The second-order valence-electron chi connectivity index (χ2n) is 3.09. The Balaban J connectivity index is 1.94. The van der Waals surface area contributed by atoms with E-state index in [1.807, 2.05) is 18.3 Å². The van der Waals surface area contributed by atoms with Gasteiger partial charge in [0.2, 0.25) is 0 Å². The molecule has 1 radical (unpaired) electrons. The van der Waals surface area contributed by atoms with E-state index in [-0.39, 0.29) is 0 Å². The van der Waals surface area contributed by atoms with Gasteiger partial charge in [-0.2, -0.15) is 0 Å². The molecule has 0 aliphatic carbocycles. The van der Waals surface area contributed by atoms with Crippen molar-refractivity contribution in [3.63, 3.8) is 0 Å². The van der Waals surface area contributed by atoms with E-state index in [4.69, 9.17) is 0 Å². The van der Waals surface area contributed by atoms with Gasteiger partial charge in [0, 0.05) is 18.0 Å². The van der Waals surface area contributed by atoms with Crippen LogP contribution in [0.15, 0.2) is 42.6 Å². The largest absolute Gasteiger partial charge is 0.364 e. The van der Waals surface area contributed by atoms with Crippen LogP contribution in [0, 0.1) is 6.07 Å². The highest BCUT2D eigenvalue weighted by atomic mass is 14.7. The molecule has 1 aromatic carbocycles. The third-order valence-electron chi connectivity index (χ3n) is 2.10. The number of benzene rings is 1. The average molecular weight is 170 g/mol. The molecule has 1 aromatic heterocycles. The number of aromatic amines is 1. The van der Waals surface area contributed by atoms with Crippen molar-refractivity contribution in [1.29, 1.82) is 0 Å². The molecule has 0 aliphatic heterocycles. The SMILES string of the molecule is [c]1cc[nH]c1CCc1ccccc1. The van der Waals surface area contributed by atoms with E-state index in [2.05, 4.69) is 35.3 Å². The molecule has 2 aromatic rings. The first kappa shape index (κ1) is 8.11. The smallest absolute Gasteiger partial charge is 0.0230 e. The topological polar surface area (TPSA) is 15.8 Å². The Morgan fingerprint density at radius 3 is 2.62 bits per heavy atom. The highest BCUT2D eigenvalue weighted by Crippen LogP contribution is 2.04. The van der Waals surface area contributed by atoms with Crippen molar-refractivity contribution >= 4 is 0 Å². The van der Waals surface area contributed by atoms with Crippen molar-refractivity contribution < 1.29 is 0 Å². The Kier molecular flexibility index (Phi) is 2.46. The fourth-order valence-electron chi connectivity index (χ4n) is 1.38. The molecule has 0 unspecified atom stereocenters. The lowest BCUT2D eigenvalue weighted by molar-refractivity contribution is 0.924. The Labute approximate surface area is 78.4 Å². The number of H-pyrrole nitrogens is 1. The van der Waals surface area contributed by atoms with E-state index in [0.29, 0.717) is 0 Å². The maximum absolute atomic E-state index is 3.15. The minimum atomic E-state index is 1.04. The van der Waals surface area contributed by atoms with Gasteiger partial charge in [-0.3, -0.25) is 0 Å². The predicted octanol–water partition coefficient (Wildman–Crippen LogP) is 2.60. The summed E-state index contributed by atoms with van der Waals surface area (Å²) in [5.74, 6) is 0. The number of hydrogen-bond acceptors (Lipinski definition) is 0. The van der Waals surface area contributed by atoms with Crippen molar-refractivity contribution in [1.82, 2.24) is 4.98 Å². The van der Waals surface area contributed by atoms with E-state index in [0.717, 1.165) is 12.8 Å². The standard InChI is InChI=1S/C12H12N/c1-2-5-11(6-3-1)8-9-12-7-4-10-13-12/h1-6,10,13H,8-9H2. The summed E-state index contributed by atoms with van der Waals surface area (Å²) in [6, 6.07) is 15.6. The molecule has 0 amide bonds. The van der Waals surface area contributed by atoms with Gasteiger partial charge in [0.15, 0.2) is 0 Å². The highest BCUT2D eigenvalue weighted by Gasteiger charge is 1.94. The van der Waals surface area contributed by atoms with Crippen LogP contribution in [0.4, 0.5) is 0 Å². The molecule has 1 heteroatoms. The van der Waals surface area contributed by atoms with Crippen molar-refractivity contribution in [3.05, 3.63) is 59.9 Å². The van der Waals surface area contributed by atoms with Gasteiger partial charge in [-0.1, -0.05) is 30.3 Å². The summed E-state index contributed by atoms with van der Waals surface area (Å²) in [5, 5.41) is 0. The van der Waals surface area contributed by atoms with Gasteiger partial charge < -0.3 is 4.98 Å². The Hall–Kier alpha value is -1.50. The molecule has 0 bridgehead atoms. The first-order chi connectivity index (χ1) is 6.45. The molecule has 13 heavy (non-hydrogen) atoms. The maximum atomic E-state index is 3.15. The molecule has 1 N–H and O–H groups in total. The van der Waals surface area contributed by atoms with Crippen LogP contribution in [0.1, 0.15) is 11.3 Å². The van der Waals surface area contributed by atoms with Gasteiger partial charge in [0.1, 0.15) is 0 Å². The molecule has 0 saturated carbocycles. The number of rotatable bonds is 3. The van der Waals surface area contributed by atoms with E-state index < -0.39 is 0 Å². The van der Waals surface area contributed by atoms with Crippen LogP contribution in [0.3, 0.4) is 0 Å². The molecule has 0 fully saturated rings. The molecule has 0 spiro atoms. The van der Waals surface area contributed by atoms with Crippen molar-refractivity contribution in [2.24, 2.45) is 0 Å². The summed E-state index contributed by atoms with van der Waals surface area (Å²) in [6.45, 7) is 0. The quantitative estimate of drug-likeness (QED) is 0.728. The van der Waals surface area contributed by atoms with Crippen LogP contribution >= 0.6 is 0 Å². The first-order valence-corrected chi connectivity index (χ1v) is 4.53. The maximum Gasteiger partial charge on any atom is 0.0230 e. The van der Waals surface area contributed by atoms with Crippen LogP contribution < -0.4 is 0 Å². The van der Waals surface area contributed by atoms with Crippen molar-refractivity contribution in [3.8, 4) is 0 Å². The summed E-state index contributed by atoms with van der Waals surface area (Å²) in [6.07, 6.45) is 4.04. The molecule has 2 rings (SSSR count). The predicted molar refractivity (Wildman–Crippen MR) is 53.5 cm³/mol. The fourth-order valence-corrected chi connectivity index (χ4v) is 1.38. The lowest BCUT2D eigenvalue weighted by atomic mass is 10.1. The molecule has 0 atom stereocenters. The Morgan fingerprint density at radius 1 is 1.08 bits per heavy atom. The van der Waals surface area contributed by atoms with Gasteiger partial charge in [-0.15, -0.1) is 0 Å². The van der Waals surface area contributed by atoms with E-state index in [1.54, 1.807) is 0 Å². The third kappa shape index (κ3) is 2.22. The summed E-state index contributed by atoms with van der Waals surface area (Å²) in [4.78, 5) is 3.15. The third-order valence-corrected chi connectivity index (χ3v) is 2.10. The van der Waals surface area contributed by atoms with E-state index in [1.165, 1.54) is 11.3 Å². The van der Waals surface area contributed by atoms with Crippen LogP contribution in [0.25, 0.3) is 0 Å². The van der Waals surface area contributed by atoms with Gasteiger partial charge in [0.25, 0.3) is 0 Å². The van der Waals surface area contributed by atoms with Crippen LogP contribution in [0.2, 0.25) is 0 Å². The lowest BCUT2D eigenvalue weighted by Crippen LogP contribution is -1.90. The average Bonchev–Trinajstić information content (AvgIpc) is 2.69. The zero-order valence-electron chi connectivity index (χ0n) is 7.46. The lowest BCUT2D eigenvalue weighted by Gasteiger charge is -1.98. The van der Waals surface area contributed by atoms with Crippen molar-refractivity contribution in [2.75, 3.05) is 0 Å². The molecular weight excluding hydrogens is 158 g/mol. The van der Waals surface area contributed by atoms with Crippen molar-refractivity contribution in [2.45, 2.75) is 12.8 Å². The molecule has 1 nitrogen and oxygen atoms in total. The zero-order chi connectivity index (χ0) is 8.93. The second-order valence-corrected chi connectivity index (χ2v) is 3.09. The van der Waals surface area contributed by atoms with Crippen LogP contribution in [-0.2, 0) is 12.8 Å². The molecule has 0 aliphatic rings. The summed E-state index contributed by atoms with van der Waals surface area (Å²) < 4.78 is 0. The van der Waals surface area contributed by atoms with Gasteiger partial charge in [-0.05, 0) is 24.5 Å². The monoisotopic (exact) mass is 170 g/mol. The number of aryl methyl sites for hydroxylation is 2. The number of aromatic nitrogens is 1. The molecule has 65 valence electrons. The fraction of sp³-hybridized carbons (Fsp3) is 0.167. The minimum absolute atomic E-state index is 1.04. The molecule has 1 heterocycles. The van der Waals surface area contributed by atoms with Gasteiger partial charge in [0.05, 0.1) is 0 Å². The summed E-state index contributed by atoms with van der Waals surface area (Å²) in [5.41, 5.74) is 2.56. The molecular formula is C12H12N. The normalized spacial score (nSPS) is 10.2. The Bertz CT molecular complexity index is 335. The van der Waals surface area contributed by atoms with E-state index >= 15 is 0 Å². The second kappa shape index (κ2) is 3.94. The van der Waals surface area contributed by atoms with E-state index in [9.17, 15) is 0 Å². The molecule has 0 saturated heterocycles. The summed E-state index contributed by atoms with van der Waals surface area (Å²) >= 11 is 0. The summed E-state index contributed by atoms with van der Waals surface area (Å²) in [7, 11) is 0. The van der Waals surface area contributed by atoms with Gasteiger partial charge >= 0.3 is 0 Å². The Morgan fingerprint density at radius 2 is 1.92 bits per heavy atom. The zero-order valence-corrected chi connectivity index (χ0v) is 7.46. The first-order valence-electron chi connectivity index (χ1n) is 4.53. The highest BCUT2D eigenvalue weighted by molar-refractivity contribution is 5.16. The number of nitrogens with one attached hydrogen (secondary N) is 1. The van der Waals surface area contributed by atoms with Crippen LogP contribution in [0.5, 0.6) is 0 Å².